The molecular weight excluding hydrogens is 326 g/mol. The fourth-order valence-electron chi connectivity index (χ4n) is 2.01. The molecule has 0 bridgehead atoms. The van der Waals surface area contributed by atoms with E-state index in [1.165, 1.54) is 11.3 Å². The number of halogens is 1. The van der Waals surface area contributed by atoms with Crippen LogP contribution < -0.4 is 11.1 Å². The maximum atomic E-state index is 11.9. The van der Waals surface area contributed by atoms with E-state index in [2.05, 4.69) is 47.0 Å². The largest absolute Gasteiger partial charge is 0.330 e. The number of aromatic nitrogens is 1. The summed E-state index contributed by atoms with van der Waals surface area (Å²) in [7, 11) is 0. The molecule has 1 unspecified atom stereocenters. The average molecular weight is 348 g/mol. The molecule has 0 aliphatic carbocycles. The smallest absolute Gasteiger partial charge is 0.226 e. The number of hydrogen-bond acceptors (Lipinski definition) is 4. The highest BCUT2D eigenvalue weighted by Gasteiger charge is 2.24. The van der Waals surface area contributed by atoms with Gasteiger partial charge in [0, 0.05) is 6.42 Å². The molecule has 1 rings (SSSR count). The summed E-state index contributed by atoms with van der Waals surface area (Å²) < 4.78 is 0.915. The van der Waals surface area contributed by atoms with Crippen molar-refractivity contribution in [1.82, 2.24) is 4.98 Å². The zero-order chi connectivity index (χ0) is 14.5. The summed E-state index contributed by atoms with van der Waals surface area (Å²) in [5, 5.41) is 3.46. The van der Waals surface area contributed by atoms with Crippen LogP contribution in [0.1, 0.15) is 40.0 Å². The van der Waals surface area contributed by atoms with Gasteiger partial charge in [-0.25, -0.2) is 4.98 Å². The van der Waals surface area contributed by atoms with Crippen LogP contribution >= 0.6 is 27.3 Å². The molecule has 0 spiro atoms. The Hall–Kier alpha value is -0.460. The molecule has 0 aliphatic rings. The number of thiazole rings is 1. The third-order valence-electron chi connectivity index (χ3n) is 3.18. The van der Waals surface area contributed by atoms with Crippen LogP contribution in [0.3, 0.4) is 0 Å². The van der Waals surface area contributed by atoms with Gasteiger partial charge in [-0.2, -0.15) is 0 Å². The van der Waals surface area contributed by atoms with E-state index in [1.807, 2.05) is 0 Å². The van der Waals surface area contributed by atoms with E-state index < -0.39 is 0 Å². The standard InChI is InChI=1S/C13H22BrN3OS/c1-13(2,3)9(6-7-15)4-5-11(18)17-12-16-8-10(14)19-12/h8-9H,4-7,15H2,1-3H3,(H,16,17,18). The van der Waals surface area contributed by atoms with Crippen molar-refractivity contribution in [3.8, 4) is 0 Å². The fourth-order valence-corrected chi connectivity index (χ4v) is 3.13. The molecule has 0 fully saturated rings. The summed E-state index contributed by atoms with van der Waals surface area (Å²) in [5.74, 6) is 0.486. The first kappa shape index (κ1) is 16.6. The Balaban J connectivity index is 2.43. The maximum Gasteiger partial charge on any atom is 0.226 e. The molecule has 0 saturated heterocycles. The Morgan fingerprint density at radius 1 is 1.53 bits per heavy atom. The van der Waals surface area contributed by atoms with Gasteiger partial charge in [0.15, 0.2) is 5.13 Å². The van der Waals surface area contributed by atoms with E-state index in [4.69, 9.17) is 5.73 Å². The minimum Gasteiger partial charge on any atom is -0.330 e. The zero-order valence-electron chi connectivity index (χ0n) is 11.7. The molecule has 0 aliphatic heterocycles. The van der Waals surface area contributed by atoms with Crippen LogP contribution in [0.2, 0.25) is 0 Å². The molecule has 1 aromatic rings. The lowest BCUT2D eigenvalue weighted by Gasteiger charge is -2.30. The quantitative estimate of drug-likeness (QED) is 0.825. The van der Waals surface area contributed by atoms with Crippen molar-refractivity contribution in [2.75, 3.05) is 11.9 Å². The summed E-state index contributed by atoms with van der Waals surface area (Å²) in [6, 6.07) is 0. The van der Waals surface area contributed by atoms with Gasteiger partial charge in [-0.15, -0.1) is 0 Å². The van der Waals surface area contributed by atoms with Crippen molar-refractivity contribution in [3.05, 3.63) is 9.98 Å². The van der Waals surface area contributed by atoms with Gasteiger partial charge in [0.2, 0.25) is 5.91 Å². The third-order valence-corrected chi connectivity index (χ3v) is 4.58. The normalized spacial score (nSPS) is 13.3. The zero-order valence-corrected chi connectivity index (χ0v) is 14.1. The highest BCUT2D eigenvalue weighted by Crippen LogP contribution is 2.32. The molecule has 1 heterocycles. The van der Waals surface area contributed by atoms with Crippen molar-refractivity contribution >= 4 is 38.3 Å². The van der Waals surface area contributed by atoms with E-state index in [-0.39, 0.29) is 11.3 Å². The molecule has 1 aromatic heterocycles. The van der Waals surface area contributed by atoms with Gasteiger partial charge in [0.25, 0.3) is 0 Å². The third kappa shape index (κ3) is 6.01. The van der Waals surface area contributed by atoms with E-state index in [1.54, 1.807) is 6.20 Å². The number of hydrogen-bond donors (Lipinski definition) is 2. The van der Waals surface area contributed by atoms with Crippen LogP contribution in [0.25, 0.3) is 0 Å². The minimum atomic E-state index is 0.0214. The van der Waals surface area contributed by atoms with Crippen LogP contribution in [0.15, 0.2) is 9.98 Å². The van der Waals surface area contributed by atoms with Crippen molar-refractivity contribution in [1.29, 1.82) is 0 Å². The van der Waals surface area contributed by atoms with Crippen LogP contribution in [-0.2, 0) is 4.79 Å². The molecule has 1 atom stereocenters. The lowest BCUT2D eigenvalue weighted by Crippen LogP contribution is -2.25. The van der Waals surface area contributed by atoms with Gasteiger partial charge in [-0.3, -0.25) is 4.79 Å². The summed E-state index contributed by atoms with van der Waals surface area (Å²) in [6.07, 6.45) is 4.02. The summed E-state index contributed by atoms with van der Waals surface area (Å²) in [5.41, 5.74) is 5.83. The van der Waals surface area contributed by atoms with E-state index >= 15 is 0 Å². The Morgan fingerprint density at radius 2 is 2.21 bits per heavy atom. The maximum absolute atomic E-state index is 11.9. The number of nitrogens with zero attached hydrogens (tertiary/aromatic N) is 1. The SMILES string of the molecule is CC(C)(C)C(CCN)CCC(=O)Nc1ncc(Br)s1. The Bertz CT molecular complexity index is 414. The molecule has 6 heteroatoms. The van der Waals surface area contributed by atoms with Gasteiger partial charge in [-0.05, 0) is 46.6 Å². The van der Waals surface area contributed by atoms with Crippen LogP contribution in [0.5, 0.6) is 0 Å². The number of carbonyl (C=O) groups excluding carboxylic acids is 1. The van der Waals surface area contributed by atoms with Gasteiger partial charge in [-0.1, -0.05) is 32.1 Å². The first-order valence-electron chi connectivity index (χ1n) is 6.44. The second-order valence-corrected chi connectivity index (χ2v) is 8.11. The molecule has 4 nitrogen and oxygen atoms in total. The molecule has 3 N–H and O–H groups in total. The van der Waals surface area contributed by atoms with Gasteiger partial charge in [0.1, 0.15) is 0 Å². The monoisotopic (exact) mass is 347 g/mol. The van der Waals surface area contributed by atoms with E-state index in [0.29, 0.717) is 24.0 Å². The van der Waals surface area contributed by atoms with E-state index in [0.717, 1.165) is 16.6 Å². The molecule has 1 amide bonds. The molecule has 0 saturated carbocycles. The van der Waals surface area contributed by atoms with E-state index in [9.17, 15) is 4.79 Å². The predicted molar refractivity (Wildman–Crippen MR) is 84.3 cm³/mol. The molecule has 19 heavy (non-hydrogen) atoms. The first-order chi connectivity index (χ1) is 8.82. The van der Waals surface area contributed by atoms with Crippen molar-refractivity contribution in [2.45, 2.75) is 40.0 Å². The van der Waals surface area contributed by atoms with Crippen LogP contribution in [0.4, 0.5) is 5.13 Å². The Labute approximate surface area is 127 Å². The average Bonchev–Trinajstić information content (AvgIpc) is 2.68. The topological polar surface area (TPSA) is 68.0 Å². The Morgan fingerprint density at radius 3 is 2.68 bits per heavy atom. The summed E-state index contributed by atoms with van der Waals surface area (Å²) >= 11 is 4.74. The minimum absolute atomic E-state index is 0.0214. The predicted octanol–water partition coefficient (Wildman–Crippen LogP) is 3.64. The van der Waals surface area contributed by atoms with Crippen molar-refractivity contribution in [3.63, 3.8) is 0 Å². The van der Waals surface area contributed by atoms with Gasteiger partial charge < -0.3 is 11.1 Å². The lowest BCUT2D eigenvalue weighted by molar-refractivity contribution is -0.116. The molecule has 108 valence electrons. The number of amides is 1. The molecular formula is C13H22BrN3OS. The second kappa shape index (κ2) is 7.36. The molecule has 0 aromatic carbocycles. The number of carbonyl (C=O) groups is 1. The van der Waals surface area contributed by atoms with Crippen LogP contribution in [0, 0.1) is 11.3 Å². The number of nitrogens with two attached hydrogens (primary N) is 1. The highest BCUT2D eigenvalue weighted by molar-refractivity contribution is 9.11. The van der Waals surface area contributed by atoms with Crippen molar-refractivity contribution < 1.29 is 4.79 Å². The second-order valence-electron chi connectivity index (χ2n) is 5.70. The first-order valence-corrected chi connectivity index (χ1v) is 8.05. The summed E-state index contributed by atoms with van der Waals surface area (Å²) in [4.78, 5) is 16.0. The Kier molecular flexibility index (Phi) is 6.42. The van der Waals surface area contributed by atoms with Gasteiger partial charge in [0.05, 0.1) is 9.98 Å². The van der Waals surface area contributed by atoms with Gasteiger partial charge >= 0.3 is 0 Å². The lowest BCUT2D eigenvalue weighted by atomic mass is 9.76. The number of nitrogens with one attached hydrogen (secondary N) is 1. The highest BCUT2D eigenvalue weighted by atomic mass is 79.9. The fraction of sp³-hybridized carbons (Fsp3) is 0.692. The summed E-state index contributed by atoms with van der Waals surface area (Å²) in [6.45, 7) is 7.26. The number of anilines is 1. The van der Waals surface area contributed by atoms with Crippen LogP contribution in [-0.4, -0.2) is 17.4 Å². The molecule has 0 radical (unpaired) electrons. The van der Waals surface area contributed by atoms with Crippen molar-refractivity contribution in [2.24, 2.45) is 17.1 Å². The number of rotatable bonds is 6.